The number of amides is 1. The summed E-state index contributed by atoms with van der Waals surface area (Å²) in [5.74, 6) is 0.671. The van der Waals surface area contributed by atoms with Crippen LogP contribution in [-0.2, 0) is 10.0 Å². The Morgan fingerprint density at radius 1 is 1.35 bits per heavy atom. The summed E-state index contributed by atoms with van der Waals surface area (Å²) in [6.07, 6.45) is 0. The van der Waals surface area contributed by atoms with Crippen LogP contribution < -0.4 is 20.0 Å². The van der Waals surface area contributed by atoms with E-state index in [1.54, 1.807) is 13.0 Å². The van der Waals surface area contributed by atoms with Crippen molar-refractivity contribution in [2.75, 3.05) is 20.0 Å². The fourth-order valence-electron chi connectivity index (χ4n) is 2.15. The molecule has 0 atom stereocenters. The summed E-state index contributed by atoms with van der Waals surface area (Å²) in [5, 5.41) is 3.93. The lowest BCUT2D eigenvalue weighted by molar-refractivity contribution is 0.134. The molecule has 0 spiro atoms. The van der Waals surface area contributed by atoms with Gasteiger partial charge in [0, 0.05) is 0 Å². The smallest absolute Gasteiger partial charge is 0.388 e. The predicted molar refractivity (Wildman–Crippen MR) is 94.2 cm³/mol. The fourth-order valence-corrected chi connectivity index (χ4v) is 3.99. The minimum atomic E-state index is -4.29. The maximum absolute atomic E-state index is 12.5. The molecule has 10 nitrogen and oxygen atoms in total. The maximum atomic E-state index is 12.5. The van der Waals surface area contributed by atoms with Crippen molar-refractivity contribution in [1.29, 1.82) is 0 Å². The summed E-state index contributed by atoms with van der Waals surface area (Å²) in [6.45, 7) is 3.49. The highest BCUT2D eigenvalue weighted by Crippen LogP contribution is 2.27. The first kappa shape index (κ1) is 19.8. The normalized spacial score (nSPS) is 11.2. The Balaban J connectivity index is 2.41. The maximum Gasteiger partial charge on any atom is 0.388 e. The molecule has 0 aliphatic carbocycles. The molecule has 0 bridgehead atoms. The van der Waals surface area contributed by atoms with E-state index in [0.717, 1.165) is 16.5 Å². The van der Waals surface area contributed by atoms with Crippen LogP contribution in [0, 0.1) is 6.92 Å². The van der Waals surface area contributed by atoms with Gasteiger partial charge in [0.15, 0.2) is 0 Å². The SMILES string of the molecule is CCSc1nn(C(=O)NS(=O)(=O)c2cccc(C)c2OC)c(=O)n1OC. The largest absolute Gasteiger partial charge is 0.495 e. The summed E-state index contributed by atoms with van der Waals surface area (Å²) in [5.41, 5.74) is -0.349. The van der Waals surface area contributed by atoms with Gasteiger partial charge in [-0.25, -0.2) is 22.7 Å². The van der Waals surface area contributed by atoms with Gasteiger partial charge >= 0.3 is 11.7 Å². The molecular formula is C14H18N4O6S2. The first-order valence-corrected chi connectivity index (χ1v) is 9.83. The Bertz CT molecular complexity index is 980. The Labute approximate surface area is 154 Å². The highest BCUT2D eigenvalue weighted by Gasteiger charge is 2.27. The Kier molecular flexibility index (Phi) is 5.97. The van der Waals surface area contributed by atoms with Crippen LogP contribution in [0.15, 0.2) is 33.0 Å². The molecule has 26 heavy (non-hydrogen) atoms. The molecule has 0 saturated heterocycles. The zero-order valence-corrected chi connectivity index (χ0v) is 16.2. The average molecular weight is 402 g/mol. The number of ether oxygens (including phenoxy) is 1. The Hall–Kier alpha value is -2.47. The van der Waals surface area contributed by atoms with E-state index in [1.165, 1.54) is 26.4 Å². The number of aryl methyl sites for hydroxylation is 1. The summed E-state index contributed by atoms with van der Waals surface area (Å²) in [4.78, 5) is 29.1. The number of para-hydroxylation sites is 1. The number of methoxy groups -OCH3 is 1. The van der Waals surface area contributed by atoms with Crippen LogP contribution in [0.1, 0.15) is 12.5 Å². The summed E-state index contributed by atoms with van der Waals surface area (Å²) in [6, 6.07) is 3.24. The van der Waals surface area contributed by atoms with Crippen LogP contribution in [0.25, 0.3) is 0 Å². The van der Waals surface area contributed by atoms with Crippen LogP contribution in [0.4, 0.5) is 4.79 Å². The summed E-state index contributed by atoms with van der Waals surface area (Å²) >= 11 is 1.16. The van der Waals surface area contributed by atoms with Crippen LogP contribution in [0.3, 0.4) is 0 Å². The molecule has 2 aromatic rings. The number of carbonyl (C=O) groups excluding carboxylic acids is 1. The second-order valence-corrected chi connectivity index (χ2v) is 7.79. The number of benzene rings is 1. The number of aromatic nitrogens is 3. The van der Waals surface area contributed by atoms with E-state index in [2.05, 4.69) is 5.10 Å². The molecule has 0 aliphatic heterocycles. The number of nitrogens with zero attached hydrogens (tertiary/aromatic N) is 3. The van der Waals surface area contributed by atoms with Crippen LogP contribution in [0.2, 0.25) is 0 Å². The van der Waals surface area contributed by atoms with Gasteiger partial charge in [-0.3, -0.25) is 0 Å². The number of hydrogen-bond donors (Lipinski definition) is 1. The molecule has 0 fully saturated rings. The molecule has 1 N–H and O–H groups in total. The van der Waals surface area contributed by atoms with Crippen molar-refractivity contribution in [3.8, 4) is 5.75 Å². The molecule has 2 rings (SSSR count). The first-order chi connectivity index (χ1) is 12.3. The molecular weight excluding hydrogens is 384 g/mol. The third-order valence-electron chi connectivity index (χ3n) is 3.25. The van der Waals surface area contributed by atoms with E-state index in [-0.39, 0.29) is 15.8 Å². The lowest BCUT2D eigenvalue weighted by Gasteiger charge is -2.12. The second-order valence-electron chi connectivity index (χ2n) is 4.90. The summed E-state index contributed by atoms with van der Waals surface area (Å²) < 4.78 is 33.2. The predicted octanol–water partition coefficient (Wildman–Crippen LogP) is 0.479. The van der Waals surface area contributed by atoms with Crippen molar-refractivity contribution in [1.82, 2.24) is 19.2 Å². The van der Waals surface area contributed by atoms with Crippen LogP contribution in [-0.4, -0.2) is 48.9 Å². The van der Waals surface area contributed by atoms with Crippen molar-refractivity contribution in [2.45, 2.75) is 23.9 Å². The van der Waals surface area contributed by atoms with E-state index in [4.69, 9.17) is 9.57 Å². The standard InChI is InChI=1S/C14H18N4O6S2/c1-5-25-13-15-17(14(20)18(13)24-4)12(19)16-26(21,22)10-8-6-7-9(2)11(10)23-3/h6-8H,5H2,1-4H3,(H,16,19). The van der Waals surface area contributed by atoms with E-state index in [0.29, 0.717) is 16.0 Å². The third-order valence-corrected chi connectivity index (χ3v) is 5.39. The van der Waals surface area contributed by atoms with Gasteiger partial charge in [0.2, 0.25) is 5.16 Å². The van der Waals surface area contributed by atoms with Gasteiger partial charge in [0.1, 0.15) is 17.8 Å². The zero-order chi connectivity index (χ0) is 19.5. The van der Waals surface area contributed by atoms with E-state index in [1.807, 2.05) is 11.6 Å². The van der Waals surface area contributed by atoms with E-state index < -0.39 is 21.7 Å². The first-order valence-electron chi connectivity index (χ1n) is 7.36. The number of rotatable bonds is 6. The number of sulfonamides is 1. The average Bonchev–Trinajstić information content (AvgIpc) is 2.90. The van der Waals surface area contributed by atoms with Gasteiger partial charge in [0.25, 0.3) is 10.0 Å². The molecule has 0 aliphatic rings. The highest BCUT2D eigenvalue weighted by molar-refractivity contribution is 7.99. The number of nitrogens with one attached hydrogen (secondary N) is 1. The van der Waals surface area contributed by atoms with Crippen molar-refractivity contribution >= 4 is 27.8 Å². The van der Waals surface area contributed by atoms with Crippen LogP contribution in [0.5, 0.6) is 5.75 Å². The highest BCUT2D eigenvalue weighted by atomic mass is 32.2. The Morgan fingerprint density at radius 3 is 2.62 bits per heavy atom. The number of hydrogen-bond acceptors (Lipinski definition) is 8. The molecule has 1 aromatic carbocycles. The lowest BCUT2D eigenvalue weighted by Crippen LogP contribution is -2.41. The van der Waals surface area contributed by atoms with E-state index >= 15 is 0 Å². The van der Waals surface area contributed by atoms with Gasteiger partial charge in [-0.2, -0.15) is 0 Å². The monoisotopic (exact) mass is 402 g/mol. The van der Waals surface area contributed by atoms with Gasteiger partial charge in [-0.1, -0.05) is 30.8 Å². The molecule has 1 aromatic heterocycles. The van der Waals surface area contributed by atoms with Crippen molar-refractivity contribution in [3.63, 3.8) is 0 Å². The van der Waals surface area contributed by atoms with E-state index in [9.17, 15) is 18.0 Å². The minimum Gasteiger partial charge on any atom is -0.495 e. The second kappa shape index (κ2) is 7.83. The van der Waals surface area contributed by atoms with Crippen LogP contribution >= 0.6 is 11.8 Å². The van der Waals surface area contributed by atoms with Crippen molar-refractivity contribution in [3.05, 3.63) is 34.2 Å². The fraction of sp³-hybridized carbons (Fsp3) is 0.357. The number of carbonyl (C=O) groups is 1. The quantitative estimate of drug-likeness (QED) is 0.693. The van der Waals surface area contributed by atoms with Crippen molar-refractivity contribution < 1.29 is 22.8 Å². The molecule has 0 unspecified atom stereocenters. The van der Waals surface area contributed by atoms with Gasteiger partial charge in [0.05, 0.1) is 7.11 Å². The molecule has 0 saturated carbocycles. The summed E-state index contributed by atoms with van der Waals surface area (Å²) in [7, 11) is -1.74. The molecule has 1 heterocycles. The molecule has 0 radical (unpaired) electrons. The van der Waals surface area contributed by atoms with Gasteiger partial charge < -0.3 is 9.57 Å². The van der Waals surface area contributed by atoms with Gasteiger partial charge in [-0.15, -0.1) is 14.5 Å². The lowest BCUT2D eigenvalue weighted by atomic mass is 10.2. The number of thioether (sulfide) groups is 1. The molecule has 12 heteroatoms. The third kappa shape index (κ3) is 3.70. The topological polar surface area (TPSA) is 122 Å². The zero-order valence-electron chi connectivity index (χ0n) is 14.5. The van der Waals surface area contributed by atoms with Gasteiger partial charge in [-0.05, 0) is 24.3 Å². The Morgan fingerprint density at radius 2 is 2.04 bits per heavy atom. The van der Waals surface area contributed by atoms with Crippen molar-refractivity contribution in [2.24, 2.45) is 0 Å². The molecule has 1 amide bonds. The molecule has 142 valence electrons. The minimum absolute atomic E-state index is 0.102.